The van der Waals surface area contributed by atoms with Crippen molar-refractivity contribution in [3.8, 4) is 11.5 Å². The standard InChI is InChI=1S/C22H22BrNO4/c1-4-5-10-27-20-17(23)11-15(13-19(20)26-3)12-18-22(25)28-21(24-18)16-9-7-6-8-14(16)2/h6-9,11-13H,4-5,10H2,1-3H3/b18-12-. The molecule has 0 radical (unpaired) electrons. The van der Waals surface area contributed by atoms with Gasteiger partial charge in [0.15, 0.2) is 17.2 Å². The summed E-state index contributed by atoms with van der Waals surface area (Å²) in [6.45, 7) is 4.67. The number of unbranched alkanes of at least 4 members (excludes halogenated alkanes) is 1. The highest BCUT2D eigenvalue weighted by Crippen LogP contribution is 2.37. The second kappa shape index (κ2) is 9.06. The van der Waals surface area contributed by atoms with Gasteiger partial charge in [-0.05, 0) is 64.7 Å². The van der Waals surface area contributed by atoms with E-state index in [-0.39, 0.29) is 5.70 Å². The molecule has 0 spiro atoms. The largest absolute Gasteiger partial charge is 0.493 e. The quantitative estimate of drug-likeness (QED) is 0.331. The summed E-state index contributed by atoms with van der Waals surface area (Å²) >= 11 is 3.53. The van der Waals surface area contributed by atoms with Crippen LogP contribution in [-0.4, -0.2) is 25.6 Å². The maximum atomic E-state index is 12.3. The van der Waals surface area contributed by atoms with Crippen molar-refractivity contribution < 1.29 is 19.0 Å². The van der Waals surface area contributed by atoms with Crippen LogP contribution in [0.15, 0.2) is 51.6 Å². The fourth-order valence-electron chi connectivity index (χ4n) is 2.78. The van der Waals surface area contributed by atoms with E-state index in [1.807, 2.05) is 43.3 Å². The number of aliphatic imine (C=N–C) groups is 1. The van der Waals surface area contributed by atoms with Crippen molar-refractivity contribution in [1.29, 1.82) is 0 Å². The van der Waals surface area contributed by atoms with Crippen molar-refractivity contribution in [3.05, 3.63) is 63.3 Å². The molecule has 6 heteroatoms. The Morgan fingerprint density at radius 2 is 2.04 bits per heavy atom. The smallest absolute Gasteiger partial charge is 0.363 e. The van der Waals surface area contributed by atoms with Crippen molar-refractivity contribution in [2.24, 2.45) is 4.99 Å². The van der Waals surface area contributed by atoms with Gasteiger partial charge in [-0.2, -0.15) is 0 Å². The fourth-order valence-corrected chi connectivity index (χ4v) is 3.35. The Hall–Kier alpha value is -2.60. The summed E-state index contributed by atoms with van der Waals surface area (Å²) in [7, 11) is 1.59. The predicted octanol–water partition coefficient (Wildman–Crippen LogP) is 5.29. The van der Waals surface area contributed by atoms with Gasteiger partial charge in [0, 0.05) is 5.56 Å². The van der Waals surface area contributed by atoms with Crippen LogP contribution in [0.25, 0.3) is 6.08 Å². The number of carbonyl (C=O) groups excluding carboxylic acids is 1. The van der Waals surface area contributed by atoms with Gasteiger partial charge in [-0.3, -0.25) is 0 Å². The molecular formula is C22H22BrNO4. The summed E-state index contributed by atoms with van der Waals surface area (Å²) in [6.07, 6.45) is 3.69. The van der Waals surface area contributed by atoms with Crippen molar-refractivity contribution in [3.63, 3.8) is 0 Å². The Labute approximate surface area is 173 Å². The molecule has 146 valence electrons. The van der Waals surface area contributed by atoms with Crippen LogP contribution >= 0.6 is 15.9 Å². The second-order valence-corrected chi connectivity index (χ2v) is 7.24. The Balaban J connectivity index is 1.91. The minimum atomic E-state index is -0.475. The molecule has 0 saturated carbocycles. The van der Waals surface area contributed by atoms with Gasteiger partial charge in [0.2, 0.25) is 5.90 Å². The maximum Gasteiger partial charge on any atom is 0.363 e. The average molecular weight is 444 g/mol. The first-order chi connectivity index (χ1) is 13.5. The monoisotopic (exact) mass is 443 g/mol. The van der Waals surface area contributed by atoms with E-state index in [9.17, 15) is 4.79 Å². The lowest BCUT2D eigenvalue weighted by Crippen LogP contribution is -2.06. The highest BCUT2D eigenvalue weighted by atomic mass is 79.9. The topological polar surface area (TPSA) is 57.1 Å². The number of carbonyl (C=O) groups is 1. The number of halogens is 1. The number of hydrogen-bond acceptors (Lipinski definition) is 5. The SMILES string of the molecule is CCCCOc1c(Br)cc(/C=C2\N=C(c3ccccc3C)OC2=O)cc1OC. The minimum absolute atomic E-state index is 0.242. The molecule has 1 heterocycles. The molecule has 0 unspecified atom stereocenters. The number of esters is 1. The molecule has 0 saturated heterocycles. The zero-order valence-electron chi connectivity index (χ0n) is 16.1. The molecule has 2 aromatic carbocycles. The minimum Gasteiger partial charge on any atom is -0.493 e. The van der Waals surface area contributed by atoms with Crippen LogP contribution in [0.5, 0.6) is 11.5 Å². The second-order valence-electron chi connectivity index (χ2n) is 6.39. The summed E-state index contributed by atoms with van der Waals surface area (Å²) in [5.41, 5.74) is 2.80. The summed E-state index contributed by atoms with van der Waals surface area (Å²) in [6, 6.07) is 11.3. The van der Waals surface area contributed by atoms with Crippen LogP contribution in [-0.2, 0) is 9.53 Å². The van der Waals surface area contributed by atoms with E-state index in [4.69, 9.17) is 14.2 Å². The average Bonchev–Trinajstić information content (AvgIpc) is 3.03. The number of methoxy groups -OCH3 is 1. The van der Waals surface area contributed by atoms with Crippen LogP contribution in [0, 0.1) is 6.92 Å². The van der Waals surface area contributed by atoms with Crippen molar-refractivity contribution in [2.45, 2.75) is 26.7 Å². The summed E-state index contributed by atoms with van der Waals surface area (Å²) < 4.78 is 17.4. The highest BCUT2D eigenvalue weighted by molar-refractivity contribution is 9.10. The zero-order valence-corrected chi connectivity index (χ0v) is 17.7. The molecule has 0 bridgehead atoms. The van der Waals surface area contributed by atoms with Gasteiger partial charge in [-0.1, -0.05) is 31.5 Å². The predicted molar refractivity (Wildman–Crippen MR) is 113 cm³/mol. The lowest BCUT2D eigenvalue weighted by Gasteiger charge is -2.13. The Morgan fingerprint density at radius 3 is 2.75 bits per heavy atom. The van der Waals surface area contributed by atoms with Crippen LogP contribution in [0.3, 0.4) is 0 Å². The molecule has 0 amide bonds. The Kier molecular flexibility index (Phi) is 6.52. The fraction of sp³-hybridized carbons (Fsp3) is 0.273. The molecular weight excluding hydrogens is 422 g/mol. The Morgan fingerprint density at radius 1 is 1.25 bits per heavy atom. The van der Waals surface area contributed by atoms with Gasteiger partial charge in [0.25, 0.3) is 0 Å². The third-order valence-corrected chi connectivity index (χ3v) is 4.88. The summed E-state index contributed by atoms with van der Waals surface area (Å²) in [5, 5.41) is 0. The van der Waals surface area contributed by atoms with E-state index in [2.05, 4.69) is 27.8 Å². The van der Waals surface area contributed by atoms with Gasteiger partial charge in [0.1, 0.15) is 0 Å². The van der Waals surface area contributed by atoms with Crippen LogP contribution in [0.1, 0.15) is 36.5 Å². The summed E-state index contributed by atoms with van der Waals surface area (Å²) in [4.78, 5) is 16.7. The molecule has 1 aliphatic rings. The van der Waals surface area contributed by atoms with E-state index in [1.165, 1.54) is 0 Å². The van der Waals surface area contributed by atoms with Crippen molar-refractivity contribution in [2.75, 3.05) is 13.7 Å². The first kappa shape index (κ1) is 20.1. The molecule has 1 aliphatic heterocycles. The third kappa shape index (κ3) is 4.44. The van der Waals surface area contributed by atoms with E-state index in [1.54, 1.807) is 13.2 Å². The molecule has 0 N–H and O–H groups in total. The van der Waals surface area contributed by atoms with Gasteiger partial charge < -0.3 is 14.2 Å². The Bertz CT molecular complexity index is 950. The molecule has 0 atom stereocenters. The van der Waals surface area contributed by atoms with Gasteiger partial charge in [0.05, 0.1) is 18.2 Å². The number of benzene rings is 2. The van der Waals surface area contributed by atoms with Crippen molar-refractivity contribution >= 4 is 33.9 Å². The molecule has 0 aromatic heterocycles. The molecule has 2 aromatic rings. The normalized spacial score (nSPS) is 14.8. The van der Waals surface area contributed by atoms with Crippen LogP contribution in [0.2, 0.25) is 0 Å². The molecule has 3 rings (SSSR count). The number of aryl methyl sites for hydroxylation is 1. The number of hydrogen-bond donors (Lipinski definition) is 0. The first-order valence-corrected chi connectivity index (χ1v) is 9.91. The lowest BCUT2D eigenvalue weighted by molar-refractivity contribution is -0.129. The number of nitrogens with zero attached hydrogens (tertiary/aromatic N) is 1. The zero-order chi connectivity index (χ0) is 20.1. The number of ether oxygens (including phenoxy) is 3. The molecule has 5 nitrogen and oxygen atoms in total. The van der Waals surface area contributed by atoms with E-state index < -0.39 is 5.97 Å². The molecule has 0 aliphatic carbocycles. The molecule has 28 heavy (non-hydrogen) atoms. The van der Waals surface area contributed by atoms with Crippen LogP contribution < -0.4 is 9.47 Å². The molecule has 0 fully saturated rings. The van der Waals surface area contributed by atoms with E-state index in [0.717, 1.165) is 34.0 Å². The third-order valence-electron chi connectivity index (χ3n) is 4.30. The van der Waals surface area contributed by atoms with E-state index >= 15 is 0 Å². The van der Waals surface area contributed by atoms with Crippen LogP contribution in [0.4, 0.5) is 0 Å². The first-order valence-electron chi connectivity index (χ1n) is 9.12. The van der Waals surface area contributed by atoms with E-state index in [0.29, 0.717) is 24.0 Å². The van der Waals surface area contributed by atoms with Crippen molar-refractivity contribution in [1.82, 2.24) is 0 Å². The lowest BCUT2D eigenvalue weighted by atomic mass is 10.1. The summed E-state index contributed by atoms with van der Waals surface area (Å²) in [5.74, 6) is 1.08. The van der Waals surface area contributed by atoms with Gasteiger partial charge in [-0.25, -0.2) is 9.79 Å². The maximum absolute atomic E-state index is 12.3. The number of rotatable bonds is 7. The highest BCUT2D eigenvalue weighted by Gasteiger charge is 2.25. The van der Waals surface area contributed by atoms with Gasteiger partial charge >= 0.3 is 5.97 Å². The van der Waals surface area contributed by atoms with Gasteiger partial charge in [-0.15, -0.1) is 0 Å². The number of cyclic esters (lactones) is 1.